The molecule has 0 aromatic heterocycles. The van der Waals surface area contributed by atoms with E-state index in [9.17, 15) is 4.79 Å². The number of carbonyl (C=O) groups excluding carboxylic acids is 1. The quantitative estimate of drug-likeness (QED) is 0.234. The summed E-state index contributed by atoms with van der Waals surface area (Å²) in [4.78, 5) is 14.1. The highest BCUT2D eigenvalue weighted by Gasteiger charge is 2.37. The number of ketones is 1. The van der Waals surface area contributed by atoms with Gasteiger partial charge in [-0.3, -0.25) is 4.79 Å². The van der Waals surface area contributed by atoms with E-state index in [-0.39, 0.29) is 17.7 Å². The summed E-state index contributed by atoms with van der Waals surface area (Å²) in [6.45, 7) is 0.403. The van der Waals surface area contributed by atoms with Gasteiger partial charge in [-0.15, -0.1) is 0 Å². The van der Waals surface area contributed by atoms with Crippen LogP contribution in [0.5, 0.6) is 23.0 Å². The third-order valence-corrected chi connectivity index (χ3v) is 7.94. The molecule has 1 heterocycles. The molecule has 0 saturated carbocycles. The van der Waals surface area contributed by atoms with Crippen LogP contribution in [0.3, 0.4) is 0 Å². The van der Waals surface area contributed by atoms with Crippen LogP contribution in [0.25, 0.3) is 0 Å². The second kappa shape index (κ2) is 11.9. The minimum Gasteiger partial charge on any atom is -0.497 e. The van der Waals surface area contributed by atoms with Crippen LogP contribution in [0.1, 0.15) is 41.5 Å². The van der Waals surface area contributed by atoms with Gasteiger partial charge in [0.1, 0.15) is 18.1 Å². The van der Waals surface area contributed by atoms with Crippen molar-refractivity contribution >= 4 is 17.2 Å². The van der Waals surface area contributed by atoms with Crippen LogP contribution in [0.15, 0.2) is 102 Å². The molecule has 4 aromatic rings. The monoisotopic (exact) mass is 562 g/mol. The number of methoxy groups -OCH3 is 3. The Balaban J connectivity index is 1.40. The molecule has 0 saturated heterocycles. The predicted octanol–water partition coefficient (Wildman–Crippen LogP) is 7.27. The topological polar surface area (TPSA) is 78.1 Å². The highest BCUT2D eigenvalue weighted by molar-refractivity contribution is 6.01. The lowest BCUT2D eigenvalue weighted by Crippen LogP contribution is -2.27. The molecule has 0 amide bonds. The summed E-state index contributed by atoms with van der Waals surface area (Å²) in [5.41, 5.74) is 6.39. The molecule has 0 fully saturated rings. The van der Waals surface area contributed by atoms with Gasteiger partial charge in [-0.1, -0.05) is 48.5 Å². The van der Waals surface area contributed by atoms with Crippen molar-refractivity contribution in [1.82, 2.24) is 0 Å². The zero-order valence-corrected chi connectivity index (χ0v) is 24.0. The Morgan fingerprint density at radius 3 is 2.24 bits per heavy atom. The van der Waals surface area contributed by atoms with Gasteiger partial charge in [-0.2, -0.15) is 0 Å². The second-order valence-corrected chi connectivity index (χ2v) is 10.5. The Kier molecular flexibility index (Phi) is 7.73. The van der Waals surface area contributed by atoms with Crippen LogP contribution < -0.4 is 29.6 Å². The van der Waals surface area contributed by atoms with E-state index in [0.717, 1.165) is 50.8 Å². The van der Waals surface area contributed by atoms with Gasteiger partial charge >= 0.3 is 0 Å². The molecule has 7 heteroatoms. The Morgan fingerprint density at radius 1 is 0.738 bits per heavy atom. The highest BCUT2D eigenvalue weighted by atomic mass is 16.5. The van der Waals surface area contributed by atoms with Gasteiger partial charge in [0.25, 0.3) is 0 Å². The maximum Gasteiger partial charge on any atom is 0.163 e. The van der Waals surface area contributed by atoms with Gasteiger partial charge in [0.15, 0.2) is 17.3 Å². The molecular formula is C35H34N2O5. The van der Waals surface area contributed by atoms with Crippen LogP contribution in [-0.4, -0.2) is 27.1 Å². The van der Waals surface area contributed by atoms with Gasteiger partial charge in [0.2, 0.25) is 0 Å². The first-order valence-electron chi connectivity index (χ1n) is 14.0. The molecule has 0 spiro atoms. The van der Waals surface area contributed by atoms with Crippen molar-refractivity contribution in [2.24, 2.45) is 0 Å². The summed E-state index contributed by atoms with van der Waals surface area (Å²) >= 11 is 0. The summed E-state index contributed by atoms with van der Waals surface area (Å²) in [5, 5.41) is 7.27. The van der Waals surface area contributed by atoms with E-state index < -0.39 is 0 Å². The normalized spacial score (nSPS) is 17.6. The van der Waals surface area contributed by atoms with Crippen LogP contribution in [0, 0.1) is 0 Å². The van der Waals surface area contributed by atoms with Crippen molar-refractivity contribution in [2.45, 2.75) is 31.4 Å². The first kappa shape index (κ1) is 27.3. The van der Waals surface area contributed by atoms with Gasteiger partial charge in [0.05, 0.1) is 38.7 Å². The third-order valence-electron chi connectivity index (χ3n) is 7.94. The summed E-state index contributed by atoms with van der Waals surface area (Å²) in [7, 11) is 4.93. The minimum atomic E-state index is -0.387. The number of fused-ring (bicyclic) bond motifs is 1. The Morgan fingerprint density at radius 2 is 1.48 bits per heavy atom. The number of Topliss-reactive ketones (excluding diaryl/α,β-unsaturated/α-hetero) is 1. The molecule has 1 aliphatic heterocycles. The molecule has 6 rings (SSSR count). The van der Waals surface area contributed by atoms with E-state index >= 15 is 0 Å². The summed E-state index contributed by atoms with van der Waals surface area (Å²) < 4.78 is 23.1. The molecule has 42 heavy (non-hydrogen) atoms. The minimum absolute atomic E-state index is 0.0691. The van der Waals surface area contributed by atoms with Gasteiger partial charge in [0, 0.05) is 29.2 Å². The second-order valence-electron chi connectivity index (χ2n) is 10.5. The first-order chi connectivity index (χ1) is 20.6. The lowest BCUT2D eigenvalue weighted by atomic mass is 9.78. The van der Waals surface area contributed by atoms with Crippen LogP contribution in [-0.2, 0) is 11.4 Å². The number of anilines is 2. The number of para-hydroxylation sites is 2. The van der Waals surface area contributed by atoms with Crippen LogP contribution in [0.4, 0.5) is 11.4 Å². The van der Waals surface area contributed by atoms with E-state index in [2.05, 4.69) is 10.6 Å². The molecule has 2 unspecified atom stereocenters. The van der Waals surface area contributed by atoms with E-state index in [4.69, 9.17) is 18.9 Å². The highest BCUT2D eigenvalue weighted by Crippen LogP contribution is 2.47. The number of hydrogen-bond acceptors (Lipinski definition) is 7. The maximum atomic E-state index is 14.1. The summed E-state index contributed by atoms with van der Waals surface area (Å²) in [5.74, 6) is 2.74. The van der Waals surface area contributed by atoms with E-state index in [1.54, 1.807) is 21.3 Å². The lowest BCUT2D eigenvalue weighted by Gasteiger charge is -2.30. The zero-order chi connectivity index (χ0) is 29.1. The molecule has 0 bridgehead atoms. The van der Waals surface area contributed by atoms with E-state index in [0.29, 0.717) is 30.9 Å². The summed E-state index contributed by atoms with van der Waals surface area (Å²) in [6, 6.07) is 29.3. The number of nitrogens with one attached hydrogen (secondary N) is 2. The Labute approximate surface area is 246 Å². The van der Waals surface area contributed by atoms with Crippen molar-refractivity contribution in [1.29, 1.82) is 0 Å². The molecule has 2 aliphatic rings. The van der Waals surface area contributed by atoms with Gasteiger partial charge in [-0.25, -0.2) is 0 Å². The van der Waals surface area contributed by atoms with Crippen molar-refractivity contribution in [2.75, 3.05) is 32.0 Å². The average Bonchev–Trinajstić information content (AvgIpc) is 3.21. The third kappa shape index (κ3) is 5.38. The number of hydrogen-bond donors (Lipinski definition) is 2. The molecule has 7 nitrogen and oxygen atoms in total. The first-order valence-corrected chi connectivity index (χ1v) is 14.0. The van der Waals surface area contributed by atoms with Gasteiger partial charge < -0.3 is 29.6 Å². The van der Waals surface area contributed by atoms with E-state index in [1.165, 1.54) is 0 Å². The standard InChI is InChI=1S/C35H34N2O5/c1-39-25-14-16-31(40-2)26(20-25)24-17-29-34(30(38)18-24)35(37-28-12-8-7-11-27(28)36-29)23-13-15-32(41-3)33(19-23)42-21-22-9-5-4-6-10-22/h4-16,19-20,24,35-37H,17-18,21H2,1-3H3. The fraction of sp³-hybridized carbons (Fsp3) is 0.229. The van der Waals surface area contributed by atoms with Crippen molar-refractivity contribution in [3.8, 4) is 23.0 Å². The molecule has 2 N–H and O–H groups in total. The number of carbonyl (C=O) groups is 1. The molecule has 214 valence electrons. The summed E-state index contributed by atoms with van der Waals surface area (Å²) in [6.07, 6.45) is 0.997. The fourth-order valence-electron chi connectivity index (χ4n) is 5.84. The van der Waals surface area contributed by atoms with E-state index in [1.807, 2.05) is 91.0 Å². The largest absolute Gasteiger partial charge is 0.497 e. The number of ether oxygens (including phenoxy) is 4. The number of benzene rings is 4. The average molecular weight is 563 g/mol. The lowest BCUT2D eigenvalue weighted by molar-refractivity contribution is -0.116. The molecular weight excluding hydrogens is 528 g/mol. The zero-order valence-electron chi connectivity index (χ0n) is 24.0. The smallest absolute Gasteiger partial charge is 0.163 e. The van der Waals surface area contributed by atoms with Crippen LogP contribution >= 0.6 is 0 Å². The van der Waals surface area contributed by atoms with Crippen molar-refractivity contribution in [3.05, 3.63) is 119 Å². The number of rotatable bonds is 8. The number of allylic oxidation sites excluding steroid dienone is 1. The molecule has 4 aromatic carbocycles. The van der Waals surface area contributed by atoms with Gasteiger partial charge in [-0.05, 0) is 60.0 Å². The SMILES string of the molecule is COc1ccc(OC)c(C2CC(=O)C3=C(C2)Nc2ccccc2NC3c2ccc(OC)c(OCc3ccccc3)c2)c1. The Bertz CT molecular complexity index is 1630. The molecule has 0 radical (unpaired) electrons. The Hall–Kier alpha value is -4.91. The van der Waals surface area contributed by atoms with Crippen LogP contribution in [0.2, 0.25) is 0 Å². The van der Waals surface area contributed by atoms with Crippen molar-refractivity contribution in [3.63, 3.8) is 0 Å². The predicted molar refractivity (Wildman–Crippen MR) is 164 cm³/mol. The fourth-order valence-corrected chi connectivity index (χ4v) is 5.84. The maximum absolute atomic E-state index is 14.1. The molecule has 1 aliphatic carbocycles. The van der Waals surface area contributed by atoms with Crippen molar-refractivity contribution < 1.29 is 23.7 Å². The molecule has 2 atom stereocenters.